The fourth-order valence-electron chi connectivity index (χ4n) is 3.48. The van der Waals surface area contributed by atoms with Crippen LogP contribution >= 0.6 is 0 Å². The zero-order chi connectivity index (χ0) is 14.0. The molecule has 1 N–H and O–H groups in total. The molecule has 0 spiro atoms. The van der Waals surface area contributed by atoms with Gasteiger partial charge in [0.05, 0.1) is 18.6 Å². The maximum atomic E-state index is 9.78. The summed E-state index contributed by atoms with van der Waals surface area (Å²) >= 11 is 0. The molecule has 3 rings (SSSR count). The first-order valence-corrected chi connectivity index (χ1v) is 7.71. The van der Waals surface area contributed by atoms with E-state index in [4.69, 9.17) is 0 Å². The molecule has 2 fully saturated rings. The molecule has 2 heterocycles. The minimum absolute atomic E-state index is 0.0183. The molecule has 110 valence electrons. The van der Waals surface area contributed by atoms with Crippen LogP contribution in [0.15, 0.2) is 25.2 Å². The van der Waals surface area contributed by atoms with Crippen LogP contribution in [0.25, 0.3) is 0 Å². The highest BCUT2D eigenvalue weighted by Gasteiger charge is 2.34. The smallest absolute Gasteiger partial charge is 0.0951 e. The number of imidazole rings is 1. The van der Waals surface area contributed by atoms with Crippen molar-refractivity contribution in [1.82, 2.24) is 14.5 Å². The highest BCUT2D eigenvalue weighted by Crippen LogP contribution is 2.37. The average Bonchev–Trinajstić information content (AvgIpc) is 3.20. The molecule has 1 atom stereocenters. The van der Waals surface area contributed by atoms with E-state index in [-0.39, 0.29) is 12.0 Å². The Balaban J connectivity index is 1.67. The molecule has 1 aromatic heterocycles. The van der Waals surface area contributed by atoms with Gasteiger partial charge in [0, 0.05) is 30.7 Å². The second-order valence-corrected chi connectivity index (χ2v) is 6.49. The van der Waals surface area contributed by atoms with Gasteiger partial charge >= 0.3 is 0 Å². The summed E-state index contributed by atoms with van der Waals surface area (Å²) in [5.74, 6) is 0. The lowest BCUT2D eigenvalue weighted by Crippen LogP contribution is -2.44. The Morgan fingerprint density at radius 1 is 1.50 bits per heavy atom. The van der Waals surface area contributed by atoms with Gasteiger partial charge in [-0.2, -0.15) is 0 Å². The van der Waals surface area contributed by atoms with Gasteiger partial charge in [-0.3, -0.25) is 4.90 Å². The van der Waals surface area contributed by atoms with Gasteiger partial charge in [-0.05, 0) is 38.6 Å². The molecule has 2 aliphatic rings. The number of piperidine rings is 1. The Morgan fingerprint density at radius 2 is 2.35 bits per heavy atom. The molecule has 0 amide bonds. The van der Waals surface area contributed by atoms with Crippen LogP contribution in [-0.2, 0) is 6.54 Å². The van der Waals surface area contributed by atoms with Crippen LogP contribution < -0.4 is 0 Å². The number of rotatable bonds is 6. The zero-order valence-corrected chi connectivity index (χ0v) is 12.2. The fourth-order valence-corrected chi connectivity index (χ4v) is 3.48. The largest absolute Gasteiger partial charge is 0.396 e. The average molecular weight is 275 g/mol. The lowest BCUT2D eigenvalue weighted by atomic mass is 9.78. The molecule has 20 heavy (non-hydrogen) atoms. The third-order valence-corrected chi connectivity index (χ3v) is 4.73. The molecule has 0 aromatic carbocycles. The summed E-state index contributed by atoms with van der Waals surface area (Å²) < 4.78 is 2.34. The Kier molecular flexibility index (Phi) is 3.94. The summed E-state index contributed by atoms with van der Waals surface area (Å²) in [6.07, 6.45) is 11.7. The van der Waals surface area contributed by atoms with Crippen LogP contribution in [0.3, 0.4) is 0 Å². The number of hydrogen-bond donors (Lipinski definition) is 1. The standard InChI is InChI=1S/C16H25N3O/c1-2-6-16(12-20)7-3-8-18(11-16)10-15-9-17-13-19(15)14-4-5-14/h2,9,13-14,20H,1,3-8,10-12H2/t16-/m1/s1. The summed E-state index contributed by atoms with van der Waals surface area (Å²) in [7, 11) is 0. The van der Waals surface area contributed by atoms with E-state index in [9.17, 15) is 5.11 Å². The van der Waals surface area contributed by atoms with E-state index in [2.05, 4.69) is 21.0 Å². The second kappa shape index (κ2) is 5.70. The van der Waals surface area contributed by atoms with Crippen LogP contribution in [0.2, 0.25) is 0 Å². The number of aromatic nitrogens is 2. The number of likely N-dealkylation sites (tertiary alicyclic amines) is 1. The highest BCUT2D eigenvalue weighted by atomic mass is 16.3. The monoisotopic (exact) mass is 275 g/mol. The van der Waals surface area contributed by atoms with Gasteiger partial charge in [-0.15, -0.1) is 6.58 Å². The van der Waals surface area contributed by atoms with E-state index >= 15 is 0 Å². The number of hydrogen-bond acceptors (Lipinski definition) is 3. The van der Waals surface area contributed by atoms with Crippen LogP contribution in [0.5, 0.6) is 0 Å². The molecule has 1 saturated carbocycles. The number of aliphatic hydroxyl groups is 1. The summed E-state index contributed by atoms with van der Waals surface area (Å²) in [5.41, 5.74) is 1.34. The van der Waals surface area contributed by atoms with Crippen molar-refractivity contribution in [2.45, 2.75) is 44.7 Å². The molecule has 4 heteroatoms. The van der Waals surface area contributed by atoms with Gasteiger partial charge in [-0.1, -0.05) is 6.08 Å². The molecule has 1 aliphatic heterocycles. The van der Waals surface area contributed by atoms with Gasteiger partial charge in [0.1, 0.15) is 0 Å². The molecule has 0 bridgehead atoms. The van der Waals surface area contributed by atoms with Crippen LogP contribution in [0, 0.1) is 5.41 Å². The Bertz CT molecular complexity index is 466. The zero-order valence-electron chi connectivity index (χ0n) is 12.2. The van der Waals surface area contributed by atoms with Crippen molar-refractivity contribution >= 4 is 0 Å². The van der Waals surface area contributed by atoms with Crippen molar-refractivity contribution in [2.24, 2.45) is 5.41 Å². The van der Waals surface area contributed by atoms with Gasteiger partial charge < -0.3 is 9.67 Å². The minimum Gasteiger partial charge on any atom is -0.396 e. The molecule has 1 saturated heterocycles. The summed E-state index contributed by atoms with van der Waals surface area (Å²) in [4.78, 5) is 6.78. The van der Waals surface area contributed by atoms with Crippen LogP contribution in [-0.4, -0.2) is 39.3 Å². The van der Waals surface area contributed by atoms with E-state index in [0.717, 1.165) is 38.9 Å². The highest BCUT2D eigenvalue weighted by molar-refractivity contribution is 5.04. The summed E-state index contributed by atoms with van der Waals surface area (Å²) in [6.45, 7) is 7.15. The van der Waals surface area contributed by atoms with E-state index in [1.54, 1.807) is 0 Å². The third kappa shape index (κ3) is 2.81. The molecular weight excluding hydrogens is 250 g/mol. The second-order valence-electron chi connectivity index (χ2n) is 6.49. The van der Waals surface area contributed by atoms with Crippen LogP contribution in [0.1, 0.15) is 43.8 Å². The van der Waals surface area contributed by atoms with Crippen molar-refractivity contribution in [3.63, 3.8) is 0 Å². The van der Waals surface area contributed by atoms with Crippen molar-refractivity contribution in [3.05, 3.63) is 30.9 Å². The van der Waals surface area contributed by atoms with Crippen molar-refractivity contribution in [2.75, 3.05) is 19.7 Å². The van der Waals surface area contributed by atoms with Crippen molar-refractivity contribution in [3.8, 4) is 0 Å². The number of nitrogens with zero attached hydrogens (tertiary/aromatic N) is 3. The molecule has 1 aromatic rings. The first-order valence-electron chi connectivity index (χ1n) is 7.71. The lowest BCUT2D eigenvalue weighted by Gasteiger charge is -2.41. The van der Waals surface area contributed by atoms with Gasteiger partial charge in [0.25, 0.3) is 0 Å². The molecular formula is C16H25N3O. The Morgan fingerprint density at radius 3 is 3.05 bits per heavy atom. The van der Waals surface area contributed by atoms with Gasteiger partial charge in [0.15, 0.2) is 0 Å². The molecule has 1 aliphatic carbocycles. The minimum atomic E-state index is 0.0183. The maximum Gasteiger partial charge on any atom is 0.0951 e. The maximum absolute atomic E-state index is 9.78. The third-order valence-electron chi connectivity index (χ3n) is 4.73. The topological polar surface area (TPSA) is 41.3 Å². The normalized spacial score (nSPS) is 27.6. The number of allylic oxidation sites excluding steroid dienone is 1. The van der Waals surface area contributed by atoms with Crippen LogP contribution in [0.4, 0.5) is 0 Å². The van der Waals surface area contributed by atoms with Gasteiger partial charge in [0.2, 0.25) is 0 Å². The van der Waals surface area contributed by atoms with Gasteiger partial charge in [-0.25, -0.2) is 4.98 Å². The van der Waals surface area contributed by atoms with E-state index < -0.39 is 0 Å². The Labute approximate surface area is 121 Å². The quantitative estimate of drug-likeness (QED) is 0.810. The lowest BCUT2D eigenvalue weighted by molar-refractivity contribution is 0.0299. The van der Waals surface area contributed by atoms with E-state index in [0.29, 0.717) is 6.04 Å². The summed E-state index contributed by atoms with van der Waals surface area (Å²) in [6, 6.07) is 0.688. The Hall–Kier alpha value is -1.13. The van der Waals surface area contributed by atoms with E-state index in [1.165, 1.54) is 18.5 Å². The predicted molar refractivity (Wildman–Crippen MR) is 79.3 cm³/mol. The first kappa shape index (κ1) is 13.8. The first-order chi connectivity index (χ1) is 9.76. The SMILES string of the molecule is C=CC[C@@]1(CO)CCCN(Cc2cncn2C2CC2)C1. The van der Waals surface area contributed by atoms with Crippen molar-refractivity contribution in [1.29, 1.82) is 0 Å². The molecule has 4 nitrogen and oxygen atoms in total. The fraction of sp³-hybridized carbons (Fsp3) is 0.688. The summed E-state index contributed by atoms with van der Waals surface area (Å²) in [5, 5.41) is 9.78. The molecule has 0 unspecified atom stereocenters. The predicted octanol–water partition coefficient (Wildman–Crippen LogP) is 2.37. The van der Waals surface area contributed by atoms with E-state index in [1.807, 2.05) is 18.6 Å². The van der Waals surface area contributed by atoms with Crippen molar-refractivity contribution < 1.29 is 5.11 Å². The molecule has 0 radical (unpaired) electrons. The number of aliphatic hydroxyl groups excluding tert-OH is 1.